The quantitative estimate of drug-likeness (QED) is 0.701. The Morgan fingerprint density at radius 3 is 2.53 bits per heavy atom. The molecule has 0 aromatic carbocycles. The van der Waals surface area contributed by atoms with Gasteiger partial charge in [-0.1, -0.05) is 0 Å². The molecule has 3 nitrogen and oxygen atoms in total. The molecular weight excluding hydrogens is 212 g/mol. The maximum Gasteiger partial charge on any atom is 0.0596 e. The van der Waals surface area contributed by atoms with Crippen LogP contribution in [0.1, 0.15) is 39.5 Å². The van der Waals surface area contributed by atoms with Gasteiger partial charge in [0.1, 0.15) is 0 Å². The van der Waals surface area contributed by atoms with Gasteiger partial charge in [-0.15, -0.1) is 0 Å². The number of nitrogens with zero attached hydrogens (tertiary/aromatic N) is 1. The zero-order chi connectivity index (χ0) is 12.3. The maximum absolute atomic E-state index is 5.62. The second-order valence-corrected chi connectivity index (χ2v) is 5.99. The summed E-state index contributed by atoms with van der Waals surface area (Å²) in [5.41, 5.74) is 0. The molecule has 3 heteroatoms. The summed E-state index contributed by atoms with van der Waals surface area (Å²) in [7, 11) is 2.25. The van der Waals surface area contributed by atoms with E-state index in [0.29, 0.717) is 6.10 Å². The average Bonchev–Trinajstić information content (AvgIpc) is 2.99. The predicted molar refractivity (Wildman–Crippen MR) is 71.3 cm³/mol. The van der Waals surface area contributed by atoms with Crippen molar-refractivity contribution in [3.63, 3.8) is 0 Å². The zero-order valence-corrected chi connectivity index (χ0v) is 11.6. The van der Waals surface area contributed by atoms with E-state index in [2.05, 4.69) is 31.1 Å². The topological polar surface area (TPSA) is 24.5 Å². The molecule has 0 spiro atoms. The van der Waals surface area contributed by atoms with Crippen molar-refractivity contribution in [2.45, 2.75) is 57.7 Å². The van der Waals surface area contributed by atoms with E-state index in [9.17, 15) is 0 Å². The summed E-state index contributed by atoms with van der Waals surface area (Å²) in [4.78, 5) is 2.49. The van der Waals surface area contributed by atoms with E-state index in [1.165, 1.54) is 32.2 Å². The van der Waals surface area contributed by atoms with Gasteiger partial charge in [0.05, 0.1) is 12.7 Å². The number of hydrogen-bond acceptors (Lipinski definition) is 3. The zero-order valence-electron chi connectivity index (χ0n) is 11.6. The summed E-state index contributed by atoms with van der Waals surface area (Å²) >= 11 is 0. The van der Waals surface area contributed by atoms with E-state index in [1.807, 2.05) is 0 Å². The molecule has 2 unspecified atom stereocenters. The number of ether oxygens (including phenoxy) is 1. The van der Waals surface area contributed by atoms with E-state index < -0.39 is 0 Å². The third-order valence-corrected chi connectivity index (χ3v) is 4.08. The van der Waals surface area contributed by atoms with Crippen molar-refractivity contribution in [1.29, 1.82) is 0 Å². The van der Waals surface area contributed by atoms with Crippen LogP contribution < -0.4 is 5.32 Å². The summed E-state index contributed by atoms with van der Waals surface area (Å²) in [5.74, 6) is 0.875. The summed E-state index contributed by atoms with van der Waals surface area (Å²) < 4.78 is 5.62. The Labute approximate surface area is 106 Å². The number of nitrogens with one attached hydrogen (secondary N) is 1. The monoisotopic (exact) mass is 240 g/mol. The molecule has 0 amide bonds. The summed E-state index contributed by atoms with van der Waals surface area (Å²) in [6.07, 6.45) is 5.93. The Morgan fingerprint density at radius 1 is 1.24 bits per heavy atom. The van der Waals surface area contributed by atoms with Crippen molar-refractivity contribution >= 4 is 0 Å². The lowest BCUT2D eigenvalue weighted by Gasteiger charge is -2.43. The minimum absolute atomic E-state index is 0.358. The smallest absolute Gasteiger partial charge is 0.0596 e. The Hall–Kier alpha value is -0.120. The number of likely N-dealkylation sites (N-methyl/N-ethyl adjacent to an activating group) is 1. The molecule has 0 saturated heterocycles. The van der Waals surface area contributed by atoms with Gasteiger partial charge in [0.15, 0.2) is 0 Å². The lowest BCUT2D eigenvalue weighted by Crippen LogP contribution is -2.50. The van der Waals surface area contributed by atoms with Crippen LogP contribution in [0.15, 0.2) is 0 Å². The molecule has 2 fully saturated rings. The van der Waals surface area contributed by atoms with Crippen LogP contribution in [0.5, 0.6) is 0 Å². The van der Waals surface area contributed by atoms with E-state index in [-0.39, 0.29) is 0 Å². The third-order valence-electron chi connectivity index (χ3n) is 4.08. The van der Waals surface area contributed by atoms with Crippen LogP contribution in [-0.2, 0) is 4.74 Å². The van der Waals surface area contributed by atoms with Crippen molar-refractivity contribution in [3.8, 4) is 0 Å². The van der Waals surface area contributed by atoms with Crippen LogP contribution in [-0.4, -0.2) is 49.8 Å². The molecule has 0 aliphatic heterocycles. The highest BCUT2D eigenvalue weighted by Gasteiger charge is 2.34. The minimum Gasteiger partial charge on any atom is -0.377 e. The maximum atomic E-state index is 5.62. The Morgan fingerprint density at radius 2 is 2.00 bits per heavy atom. The Kier molecular flexibility index (Phi) is 4.83. The Balaban J connectivity index is 1.59. The fraction of sp³-hybridized carbons (Fsp3) is 1.00. The molecule has 2 saturated carbocycles. The normalized spacial score (nSPS) is 28.8. The molecule has 2 aliphatic rings. The summed E-state index contributed by atoms with van der Waals surface area (Å²) in [5, 5.41) is 3.66. The standard InChI is InChI=1S/C14H28N2O/c1-11(2)17-9-8-16(3)14-7-4-12(14)10-15-13-5-6-13/h11-15H,4-10H2,1-3H3. The molecule has 0 aromatic rings. The molecule has 2 rings (SSSR count). The van der Waals surface area contributed by atoms with Crippen LogP contribution in [0.2, 0.25) is 0 Å². The van der Waals surface area contributed by atoms with Crippen LogP contribution in [0.3, 0.4) is 0 Å². The second-order valence-electron chi connectivity index (χ2n) is 5.99. The van der Waals surface area contributed by atoms with Gasteiger partial charge in [-0.3, -0.25) is 0 Å². The average molecular weight is 240 g/mol. The molecule has 0 aromatic heterocycles. The van der Waals surface area contributed by atoms with E-state index in [1.54, 1.807) is 0 Å². The first kappa shape index (κ1) is 13.3. The first-order valence-corrected chi connectivity index (χ1v) is 7.22. The van der Waals surface area contributed by atoms with Crippen molar-refractivity contribution in [3.05, 3.63) is 0 Å². The SMILES string of the molecule is CC(C)OCCN(C)C1CCC1CNC1CC1. The van der Waals surface area contributed by atoms with Gasteiger partial charge in [0, 0.05) is 18.6 Å². The predicted octanol–water partition coefficient (Wildman–Crippen LogP) is 1.87. The fourth-order valence-corrected chi connectivity index (χ4v) is 2.57. The van der Waals surface area contributed by atoms with Crippen molar-refractivity contribution in [1.82, 2.24) is 10.2 Å². The molecule has 2 aliphatic carbocycles. The summed E-state index contributed by atoms with van der Waals surface area (Å²) in [6, 6.07) is 1.64. The Bertz CT molecular complexity index is 228. The first-order chi connectivity index (χ1) is 8.16. The van der Waals surface area contributed by atoms with Crippen molar-refractivity contribution in [2.75, 3.05) is 26.7 Å². The summed E-state index contributed by atoms with van der Waals surface area (Å²) in [6.45, 7) is 7.37. The highest BCUT2D eigenvalue weighted by molar-refractivity contribution is 4.91. The van der Waals surface area contributed by atoms with Crippen molar-refractivity contribution < 1.29 is 4.74 Å². The molecule has 0 bridgehead atoms. The number of hydrogen-bond donors (Lipinski definition) is 1. The van der Waals surface area contributed by atoms with E-state index >= 15 is 0 Å². The van der Waals surface area contributed by atoms with Crippen LogP contribution in [0.25, 0.3) is 0 Å². The van der Waals surface area contributed by atoms with Crippen LogP contribution in [0, 0.1) is 5.92 Å². The lowest BCUT2D eigenvalue weighted by atomic mass is 9.78. The lowest BCUT2D eigenvalue weighted by molar-refractivity contribution is 0.0263. The highest BCUT2D eigenvalue weighted by atomic mass is 16.5. The van der Waals surface area contributed by atoms with E-state index in [4.69, 9.17) is 4.74 Å². The van der Waals surface area contributed by atoms with Crippen molar-refractivity contribution in [2.24, 2.45) is 5.92 Å². The molecular formula is C14H28N2O. The minimum atomic E-state index is 0.358. The highest BCUT2D eigenvalue weighted by Crippen LogP contribution is 2.31. The van der Waals surface area contributed by atoms with Gasteiger partial charge in [-0.2, -0.15) is 0 Å². The van der Waals surface area contributed by atoms with Gasteiger partial charge in [0.25, 0.3) is 0 Å². The molecule has 0 radical (unpaired) electrons. The van der Waals surface area contributed by atoms with Gasteiger partial charge in [0.2, 0.25) is 0 Å². The van der Waals surface area contributed by atoms with Crippen LogP contribution >= 0.6 is 0 Å². The second kappa shape index (κ2) is 6.17. The number of rotatable bonds is 8. The molecule has 0 heterocycles. The fourth-order valence-electron chi connectivity index (χ4n) is 2.57. The van der Waals surface area contributed by atoms with Gasteiger partial charge in [-0.25, -0.2) is 0 Å². The molecule has 1 N–H and O–H groups in total. The largest absolute Gasteiger partial charge is 0.377 e. The molecule has 100 valence electrons. The van der Waals surface area contributed by atoms with Gasteiger partial charge in [-0.05, 0) is 59.0 Å². The van der Waals surface area contributed by atoms with Crippen LogP contribution in [0.4, 0.5) is 0 Å². The molecule has 2 atom stereocenters. The van der Waals surface area contributed by atoms with Gasteiger partial charge < -0.3 is 15.0 Å². The molecule has 17 heavy (non-hydrogen) atoms. The van der Waals surface area contributed by atoms with E-state index in [0.717, 1.165) is 31.2 Å². The van der Waals surface area contributed by atoms with Gasteiger partial charge >= 0.3 is 0 Å². The first-order valence-electron chi connectivity index (χ1n) is 7.22. The third kappa shape index (κ3) is 4.23.